The average molecular weight is 450 g/mol. The number of hydrogen-bond acceptors (Lipinski definition) is 9. The summed E-state index contributed by atoms with van der Waals surface area (Å²) in [7, 11) is 2.14. The van der Waals surface area contributed by atoms with Crippen molar-refractivity contribution in [2.45, 2.75) is 19.3 Å². The number of halogens is 1. The van der Waals surface area contributed by atoms with Gasteiger partial charge >= 0.3 is 17.9 Å². The number of hydrogen-bond donors (Lipinski definition) is 1. The lowest BCUT2D eigenvalue weighted by atomic mass is 9.72. The molecular formula is C20H20ClN3O7. The van der Waals surface area contributed by atoms with Gasteiger partial charge in [-0.2, -0.15) is 5.10 Å². The van der Waals surface area contributed by atoms with Gasteiger partial charge in [-0.1, -0.05) is 11.6 Å². The first-order valence-electron chi connectivity index (χ1n) is 9.12. The normalized spacial score (nSPS) is 14.4. The summed E-state index contributed by atoms with van der Waals surface area (Å²) in [6.07, 6.45) is 0. The van der Waals surface area contributed by atoms with Gasteiger partial charge in [-0.15, -0.1) is 0 Å². The average Bonchev–Trinajstić information content (AvgIpc) is 3.08. The van der Waals surface area contributed by atoms with Crippen molar-refractivity contribution in [1.82, 2.24) is 9.78 Å². The molecule has 10 nitrogen and oxygen atoms in total. The lowest BCUT2D eigenvalue weighted by Gasteiger charge is -2.33. The predicted octanol–water partition coefficient (Wildman–Crippen LogP) is 1.54. The first-order chi connectivity index (χ1) is 14.7. The highest BCUT2D eigenvalue weighted by atomic mass is 35.5. The van der Waals surface area contributed by atoms with Crippen LogP contribution in [0.3, 0.4) is 0 Å². The molecule has 2 heterocycles. The molecular weight excluding hydrogens is 430 g/mol. The summed E-state index contributed by atoms with van der Waals surface area (Å²) in [5.41, 5.74) is 3.77. The van der Waals surface area contributed by atoms with Crippen molar-refractivity contribution in [1.29, 1.82) is 0 Å². The largest absolute Gasteiger partial charge is 0.468 e. The van der Waals surface area contributed by atoms with Crippen LogP contribution in [-0.2, 0) is 34.0 Å². The van der Waals surface area contributed by atoms with Crippen LogP contribution < -0.4 is 10.5 Å². The zero-order valence-electron chi connectivity index (χ0n) is 17.2. The van der Waals surface area contributed by atoms with E-state index in [2.05, 4.69) is 5.10 Å². The smallest absolute Gasteiger partial charge is 0.341 e. The quantitative estimate of drug-likeness (QED) is 0.410. The number of nitrogens with zero attached hydrogens (tertiary/aromatic N) is 2. The Morgan fingerprint density at radius 1 is 1.16 bits per heavy atom. The molecule has 0 spiro atoms. The maximum Gasteiger partial charge on any atom is 0.341 e. The fourth-order valence-electron chi connectivity index (χ4n) is 3.51. The minimum Gasteiger partial charge on any atom is -0.468 e. The molecule has 0 aliphatic carbocycles. The van der Waals surface area contributed by atoms with Crippen molar-refractivity contribution < 1.29 is 33.3 Å². The number of carbonyl (C=O) groups excluding carboxylic acids is 3. The highest BCUT2D eigenvalue weighted by Gasteiger charge is 2.63. The van der Waals surface area contributed by atoms with Gasteiger partial charge in [0.15, 0.2) is 0 Å². The van der Waals surface area contributed by atoms with E-state index in [1.54, 1.807) is 38.1 Å². The number of aromatic nitrogens is 2. The van der Waals surface area contributed by atoms with E-state index in [1.807, 2.05) is 0 Å². The Labute approximate surface area is 182 Å². The van der Waals surface area contributed by atoms with Crippen LogP contribution in [0.15, 0.2) is 35.7 Å². The van der Waals surface area contributed by atoms with E-state index >= 15 is 0 Å². The molecule has 1 aromatic carbocycles. The van der Waals surface area contributed by atoms with Gasteiger partial charge in [-0.25, -0.2) is 9.48 Å². The number of ether oxygens (including phenoxy) is 4. The fourth-order valence-corrected chi connectivity index (χ4v) is 3.64. The van der Waals surface area contributed by atoms with E-state index in [0.29, 0.717) is 10.7 Å². The van der Waals surface area contributed by atoms with Gasteiger partial charge in [0.1, 0.15) is 5.57 Å². The van der Waals surface area contributed by atoms with Crippen LogP contribution in [0, 0.1) is 6.92 Å². The van der Waals surface area contributed by atoms with Crippen molar-refractivity contribution in [3.05, 3.63) is 52.0 Å². The SMILES string of the molecule is CCOC(=O)C1=C(N)Oc2c(c(C)nn2-c2ccc(Cl)cc2)C1(C(=O)OC)C(=O)OC. The molecule has 1 aliphatic rings. The minimum absolute atomic E-state index is 0.0378. The Hall–Kier alpha value is -3.53. The summed E-state index contributed by atoms with van der Waals surface area (Å²) in [5.74, 6) is -3.81. The van der Waals surface area contributed by atoms with Crippen molar-refractivity contribution in [3.8, 4) is 11.6 Å². The lowest BCUT2D eigenvalue weighted by Crippen LogP contribution is -2.53. The highest BCUT2D eigenvalue weighted by Crippen LogP contribution is 2.47. The summed E-state index contributed by atoms with van der Waals surface area (Å²) in [4.78, 5) is 39.1. The number of methoxy groups -OCH3 is 2. The summed E-state index contributed by atoms with van der Waals surface area (Å²) < 4.78 is 21.9. The Bertz CT molecular complexity index is 1070. The van der Waals surface area contributed by atoms with Gasteiger partial charge in [0.25, 0.3) is 0 Å². The monoisotopic (exact) mass is 449 g/mol. The van der Waals surface area contributed by atoms with Crippen LogP contribution in [-0.4, -0.2) is 48.5 Å². The number of esters is 3. The van der Waals surface area contributed by atoms with Gasteiger partial charge in [0.05, 0.1) is 37.8 Å². The third-order valence-corrected chi connectivity index (χ3v) is 5.01. The van der Waals surface area contributed by atoms with Crippen LogP contribution in [0.5, 0.6) is 5.88 Å². The maximum absolute atomic E-state index is 13.1. The van der Waals surface area contributed by atoms with Crippen LogP contribution >= 0.6 is 11.6 Å². The summed E-state index contributed by atoms with van der Waals surface area (Å²) in [6, 6.07) is 6.55. The molecule has 1 aliphatic heterocycles. The molecule has 0 bridgehead atoms. The van der Waals surface area contributed by atoms with Gasteiger partial charge in [0.2, 0.25) is 17.2 Å². The molecule has 11 heteroatoms. The molecule has 3 rings (SSSR count). The lowest BCUT2D eigenvalue weighted by molar-refractivity contribution is -0.163. The van der Waals surface area contributed by atoms with Gasteiger partial charge in [0, 0.05) is 5.02 Å². The van der Waals surface area contributed by atoms with Crippen molar-refractivity contribution in [2.24, 2.45) is 5.73 Å². The van der Waals surface area contributed by atoms with Gasteiger partial charge in [-0.05, 0) is 38.1 Å². The molecule has 0 saturated heterocycles. The summed E-state index contributed by atoms with van der Waals surface area (Å²) >= 11 is 5.96. The molecule has 2 aromatic rings. The topological polar surface area (TPSA) is 132 Å². The van der Waals surface area contributed by atoms with Crippen LogP contribution in [0.25, 0.3) is 5.69 Å². The number of fused-ring (bicyclic) bond motifs is 1. The number of nitrogens with two attached hydrogens (primary N) is 1. The molecule has 0 saturated carbocycles. The molecule has 0 radical (unpaired) electrons. The molecule has 31 heavy (non-hydrogen) atoms. The fraction of sp³-hybridized carbons (Fsp3) is 0.300. The zero-order chi connectivity index (χ0) is 22.9. The Morgan fingerprint density at radius 3 is 2.26 bits per heavy atom. The Balaban J connectivity index is 2.41. The summed E-state index contributed by atoms with van der Waals surface area (Å²) in [5, 5.41) is 4.88. The third-order valence-electron chi connectivity index (χ3n) is 4.75. The summed E-state index contributed by atoms with van der Waals surface area (Å²) in [6.45, 7) is 3.06. The number of aryl methyl sites for hydroxylation is 1. The Morgan fingerprint density at radius 2 is 1.74 bits per heavy atom. The molecule has 0 atom stereocenters. The van der Waals surface area contributed by atoms with E-state index in [-0.39, 0.29) is 23.7 Å². The highest BCUT2D eigenvalue weighted by molar-refractivity contribution is 6.30. The van der Waals surface area contributed by atoms with E-state index in [1.165, 1.54) is 4.68 Å². The van der Waals surface area contributed by atoms with Crippen LogP contribution in [0.2, 0.25) is 5.02 Å². The van der Waals surface area contributed by atoms with Crippen molar-refractivity contribution >= 4 is 29.5 Å². The van der Waals surface area contributed by atoms with E-state index in [4.69, 9.17) is 36.3 Å². The van der Waals surface area contributed by atoms with Crippen LogP contribution in [0.4, 0.5) is 0 Å². The Kier molecular flexibility index (Phi) is 5.94. The molecule has 2 N–H and O–H groups in total. The van der Waals surface area contributed by atoms with E-state index in [9.17, 15) is 14.4 Å². The second kappa shape index (κ2) is 8.31. The number of rotatable bonds is 5. The molecule has 0 amide bonds. The molecule has 164 valence electrons. The van der Waals surface area contributed by atoms with Gasteiger partial charge in [-0.3, -0.25) is 9.59 Å². The van der Waals surface area contributed by atoms with Crippen molar-refractivity contribution in [2.75, 3.05) is 20.8 Å². The molecule has 1 aromatic heterocycles. The van der Waals surface area contributed by atoms with Crippen LogP contribution in [0.1, 0.15) is 18.2 Å². The second-order valence-corrected chi connectivity index (χ2v) is 6.89. The minimum atomic E-state index is -2.40. The standard InChI is InChI=1S/C20H20ClN3O7/c1-5-30-17(25)14-15(22)31-16-13(20(14,18(26)28-3)19(27)29-4)10(2)23-24(16)12-8-6-11(21)7-9-12/h6-9H,5,22H2,1-4H3. The van der Waals surface area contributed by atoms with Crippen molar-refractivity contribution in [3.63, 3.8) is 0 Å². The maximum atomic E-state index is 13.1. The van der Waals surface area contributed by atoms with Gasteiger partial charge < -0.3 is 24.7 Å². The van der Waals surface area contributed by atoms with E-state index in [0.717, 1.165) is 14.2 Å². The predicted molar refractivity (Wildman–Crippen MR) is 107 cm³/mol. The number of carbonyl (C=O) groups is 3. The number of benzene rings is 1. The zero-order valence-corrected chi connectivity index (χ0v) is 18.0. The molecule has 0 unspecified atom stereocenters. The first-order valence-corrected chi connectivity index (χ1v) is 9.49. The first kappa shape index (κ1) is 22.2. The third kappa shape index (κ3) is 3.28. The van der Waals surface area contributed by atoms with E-state index < -0.39 is 34.8 Å². The molecule has 0 fully saturated rings. The second-order valence-electron chi connectivity index (χ2n) is 6.45.